The lowest BCUT2D eigenvalue weighted by Crippen LogP contribution is -2.32. The Hall–Kier alpha value is -0.730. The van der Waals surface area contributed by atoms with Crippen LogP contribution in [0.15, 0.2) is 18.2 Å². The lowest BCUT2D eigenvalue weighted by molar-refractivity contribution is 0.276. The normalized spacial score (nSPS) is 13.5. The first kappa shape index (κ1) is 14.3. The van der Waals surface area contributed by atoms with E-state index in [1.165, 1.54) is 0 Å². The first-order valence-corrected chi connectivity index (χ1v) is 6.34. The topological polar surface area (TPSA) is 21.3 Å². The summed E-state index contributed by atoms with van der Waals surface area (Å²) in [6, 6.07) is 6.11. The molecule has 1 aromatic rings. The van der Waals surface area contributed by atoms with Crippen molar-refractivity contribution in [1.29, 1.82) is 0 Å². The highest BCUT2D eigenvalue weighted by molar-refractivity contribution is 6.31. The van der Waals surface area contributed by atoms with Crippen LogP contribution >= 0.6 is 11.6 Å². The van der Waals surface area contributed by atoms with E-state index in [9.17, 15) is 0 Å². The summed E-state index contributed by atoms with van der Waals surface area (Å²) in [5.41, 5.74) is 1.25. The predicted molar refractivity (Wildman–Crippen MR) is 73.9 cm³/mol. The molecule has 1 rings (SSSR count). The molecule has 0 saturated heterocycles. The van der Waals surface area contributed by atoms with Crippen molar-refractivity contribution in [3.05, 3.63) is 28.8 Å². The zero-order valence-corrected chi connectivity index (χ0v) is 12.1. The summed E-state index contributed by atoms with van der Waals surface area (Å²) in [6.07, 6.45) is 0. The fraction of sp³-hybridized carbons (Fsp3) is 0.571. The molecule has 17 heavy (non-hydrogen) atoms. The van der Waals surface area contributed by atoms with Crippen LogP contribution in [0, 0.1) is 5.41 Å². The van der Waals surface area contributed by atoms with Crippen LogP contribution in [0.2, 0.25) is 5.02 Å². The van der Waals surface area contributed by atoms with Gasteiger partial charge in [-0.25, -0.2) is 0 Å². The molecule has 1 atom stereocenters. The van der Waals surface area contributed by atoms with Gasteiger partial charge in [0.05, 0.1) is 7.11 Å². The number of methoxy groups -OCH3 is 1. The van der Waals surface area contributed by atoms with Gasteiger partial charge in [0.2, 0.25) is 0 Å². The van der Waals surface area contributed by atoms with E-state index in [0.717, 1.165) is 22.9 Å². The first-order chi connectivity index (χ1) is 7.90. The zero-order valence-electron chi connectivity index (χ0n) is 11.3. The maximum atomic E-state index is 6.32. The van der Waals surface area contributed by atoms with Gasteiger partial charge in [-0.15, -0.1) is 0 Å². The van der Waals surface area contributed by atoms with Crippen LogP contribution < -0.4 is 10.1 Å². The average Bonchev–Trinajstić information content (AvgIpc) is 2.25. The van der Waals surface area contributed by atoms with Crippen LogP contribution in [-0.4, -0.2) is 13.7 Å². The molecule has 0 amide bonds. The Kier molecular flexibility index (Phi) is 4.84. The van der Waals surface area contributed by atoms with Gasteiger partial charge in [0.15, 0.2) is 0 Å². The molecular formula is C14H22ClNO. The minimum absolute atomic E-state index is 0.119. The third-order valence-electron chi connectivity index (χ3n) is 2.79. The fourth-order valence-electron chi connectivity index (χ4n) is 1.96. The van der Waals surface area contributed by atoms with Crippen LogP contribution in [0.3, 0.4) is 0 Å². The van der Waals surface area contributed by atoms with E-state index >= 15 is 0 Å². The summed E-state index contributed by atoms with van der Waals surface area (Å²) >= 11 is 6.32. The second-order valence-corrected chi connectivity index (χ2v) is 5.65. The summed E-state index contributed by atoms with van der Waals surface area (Å²) in [6.45, 7) is 9.66. The summed E-state index contributed by atoms with van der Waals surface area (Å²) < 4.78 is 5.17. The molecule has 1 unspecified atom stereocenters. The molecule has 0 fully saturated rings. The Morgan fingerprint density at radius 1 is 1.35 bits per heavy atom. The molecule has 0 bridgehead atoms. The minimum atomic E-state index is 0.119. The number of hydrogen-bond acceptors (Lipinski definition) is 2. The molecule has 2 nitrogen and oxygen atoms in total. The number of nitrogens with one attached hydrogen (secondary N) is 1. The van der Waals surface area contributed by atoms with Gasteiger partial charge in [0.25, 0.3) is 0 Å². The molecule has 0 radical (unpaired) electrons. The molecule has 0 spiro atoms. The van der Waals surface area contributed by atoms with Gasteiger partial charge in [-0.2, -0.15) is 0 Å². The van der Waals surface area contributed by atoms with Crippen molar-refractivity contribution in [2.45, 2.75) is 33.7 Å². The zero-order chi connectivity index (χ0) is 13.1. The molecule has 0 saturated carbocycles. The molecule has 0 heterocycles. The molecule has 3 heteroatoms. The Bertz CT molecular complexity index is 371. The monoisotopic (exact) mass is 255 g/mol. The number of hydrogen-bond donors (Lipinski definition) is 1. The van der Waals surface area contributed by atoms with Crippen LogP contribution in [0.5, 0.6) is 5.75 Å². The van der Waals surface area contributed by atoms with E-state index in [4.69, 9.17) is 16.3 Å². The Balaban J connectivity index is 3.10. The van der Waals surface area contributed by atoms with Crippen molar-refractivity contribution in [3.63, 3.8) is 0 Å². The molecule has 1 N–H and O–H groups in total. The van der Waals surface area contributed by atoms with Gasteiger partial charge in [-0.3, -0.25) is 0 Å². The fourth-order valence-corrected chi connectivity index (χ4v) is 2.24. The maximum Gasteiger partial charge on any atom is 0.120 e. The van der Waals surface area contributed by atoms with E-state index in [-0.39, 0.29) is 11.5 Å². The molecular weight excluding hydrogens is 234 g/mol. The number of ether oxygens (including phenoxy) is 1. The van der Waals surface area contributed by atoms with Crippen molar-refractivity contribution in [2.75, 3.05) is 13.7 Å². The number of halogens is 1. The van der Waals surface area contributed by atoms with E-state index in [1.54, 1.807) is 7.11 Å². The van der Waals surface area contributed by atoms with Crippen molar-refractivity contribution < 1.29 is 4.74 Å². The molecule has 0 aromatic heterocycles. The van der Waals surface area contributed by atoms with Gasteiger partial charge in [0, 0.05) is 11.1 Å². The largest absolute Gasteiger partial charge is 0.497 e. The summed E-state index contributed by atoms with van der Waals surface area (Å²) in [4.78, 5) is 0. The summed E-state index contributed by atoms with van der Waals surface area (Å²) in [5.74, 6) is 0.794. The Labute approximate surface area is 109 Å². The van der Waals surface area contributed by atoms with Crippen LogP contribution in [0.4, 0.5) is 0 Å². The Morgan fingerprint density at radius 2 is 2.00 bits per heavy atom. The highest BCUT2D eigenvalue weighted by Gasteiger charge is 2.27. The standard InChI is InChI=1S/C14H22ClNO/c1-6-16-13(14(2,3)4)11-8-7-10(17-5)9-12(11)15/h7-9,13,16H,6H2,1-5H3. The van der Waals surface area contributed by atoms with E-state index in [0.29, 0.717) is 0 Å². The van der Waals surface area contributed by atoms with Crippen LogP contribution in [-0.2, 0) is 0 Å². The van der Waals surface area contributed by atoms with Crippen molar-refractivity contribution in [2.24, 2.45) is 5.41 Å². The lowest BCUT2D eigenvalue weighted by Gasteiger charge is -2.32. The second kappa shape index (κ2) is 5.74. The van der Waals surface area contributed by atoms with Crippen LogP contribution in [0.1, 0.15) is 39.3 Å². The van der Waals surface area contributed by atoms with Crippen molar-refractivity contribution in [1.82, 2.24) is 5.32 Å². The highest BCUT2D eigenvalue weighted by Crippen LogP contribution is 2.37. The number of benzene rings is 1. The quantitative estimate of drug-likeness (QED) is 0.877. The third-order valence-corrected chi connectivity index (χ3v) is 3.12. The minimum Gasteiger partial charge on any atom is -0.497 e. The number of rotatable bonds is 4. The highest BCUT2D eigenvalue weighted by atomic mass is 35.5. The van der Waals surface area contributed by atoms with Gasteiger partial charge in [0.1, 0.15) is 5.75 Å². The van der Waals surface area contributed by atoms with Crippen LogP contribution in [0.25, 0.3) is 0 Å². The van der Waals surface area contributed by atoms with Gasteiger partial charge in [-0.05, 0) is 29.7 Å². The molecule has 0 aliphatic carbocycles. The lowest BCUT2D eigenvalue weighted by atomic mass is 9.82. The van der Waals surface area contributed by atoms with Gasteiger partial charge in [-0.1, -0.05) is 45.4 Å². The van der Waals surface area contributed by atoms with E-state index in [2.05, 4.69) is 33.0 Å². The van der Waals surface area contributed by atoms with Crippen molar-refractivity contribution >= 4 is 11.6 Å². The molecule has 1 aromatic carbocycles. The first-order valence-electron chi connectivity index (χ1n) is 5.97. The maximum absolute atomic E-state index is 6.32. The van der Waals surface area contributed by atoms with E-state index in [1.807, 2.05) is 18.2 Å². The van der Waals surface area contributed by atoms with Gasteiger partial charge >= 0.3 is 0 Å². The predicted octanol–water partition coefficient (Wildman–Crippen LogP) is 4.05. The van der Waals surface area contributed by atoms with Crippen molar-refractivity contribution in [3.8, 4) is 5.75 Å². The average molecular weight is 256 g/mol. The van der Waals surface area contributed by atoms with Gasteiger partial charge < -0.3 is 10.1 Å². The summed E-state index contributed by atoms with van der Waals surface area (Å²) in [7, 11) is 1.65. The second-order valence-electron chi connectivity index (χ2n) is 5.24. The Morgan fingerprint density at radius 3 is 2.41 bits per heavy atom. The smallest absolute Gasteiger partial charge is 0.120 e. The molecule has 0 aliphatic rings. The molecule has 0 aliphatic heterocycles. The third kappa shape index (κ3) is 3.62. The molecule has 96 valence electrons. The van der Waals surface area contributed by atoms with E-state index < -0.39 is 0 Å². The SMILES string of the molecule is CCNC(c1ccc(OC)cc1Cl)C(C)(C)C. The summed E-state index contributed by atoms with van der Waals surface area (Å²) in [5, 5.41) is 4.25.